The summed E-state index contributed by atoms with van der Waals surface area (Å²) in [6.07, 6.45) is 3.33. The van der Waals surface area contributed by atoms with Crippen LogP contribution < -0.4 is 10.1 Å². The molecule has 1 aliphatic rings. The van der Waals surface area contributed by atoms with Gasteiger partial charge in [0.2, 0.25) is 0 Å². The van der Waals surface area contributed by atoms with Crippen LogP contribution in [-0.4, -0.2) is 55.9 Å². The van der Waals surface area contributed by atoms with E-state index in [1.807, 2.05) is 24.3 Å². The van der Waals surface area contributed by atoms with Gasteiger partial charge in [-0.1, -0.05) is 25.6 Å². The van der Waals surface area contributed by atoms with Crippen molar-refractivity contribution in [1.82, 2.24) is 10.2 Å². The monoisotopic (exact) mass is 336 g/mol. The van der Waals surface area contributed by atoms with Crippen molar-refractivity contribution >= 4 is 17.2 Å². The number of nitrogens with zero attached hydrogens (tertiary/aromatic N) is 1. The van der Waals surface area contributed by atoms with Gasteiger partial charge in [-0.2, -0.15) is 0 Å². The Balaban J connectivity index is 1.64. The SMILES string of the molecule is CCCCOc1ccc(C(=S)NCCCN2CCOCC2)cc1. The molecule has 23 heavy (non-hydrogen) atoms. The zero-order valence-corrected chi connectivity index (χ0v) is 14.9. The van der Waals surface area contributed by atoms with Gasteiger partial charge in [-0.05, 0) is 43.7 Å². The molecule has 1 heterocycles. The number of ether oxygens (including phenoxy) is 2. The van der Waals surface area contributed by atoms with Gasteiger partial charge in [-0.25, -0.2) is 0 Å². The molecule has 4 nitrogen and oxygen atoms in total. The van der Waals surface area contributed by atoms with Gasteiger partial charge in [-0.3, -0.25) is 4.90 Å². The Morgan fingerprint density at radius 2 is 1.96 bits per heavy atom. The molecule has 1 N–H and O–H groups in total. The molecular weight excluding hydrogens is 308 g/mol. The zero-order chi connectivity index (χ0) is 16.3. The number of benzene rings is 1. The fraction of sp³-hybridized carbons (Fsp3) is 0.611. The normalized spacial score (nSPS) is 15.3. The minimum Gasteiger partial charge on any atom is -0.494 e. The van der Waals surface area contributed by atoms with E-state index in [2.05, 4.69) is 17.1 Å². The highest BCUT2D eigenvalue weighted by Crippen LogP contribution is 2.13. The molecule has 1 aromatic carbocycles. The van der Waals surface area contributed by atoms with Gasteiger partial charge in [0, 0.05) is 25.2 Å². The number of hydrogen-bond acceptors (Lipinski definition) is 4. The standard InChI is InChI=1S/C18H28N2O2S/c1-2-3-13-22-17-7-5-16(6-8-17)18(23)19-9-4-10-20-11-14-21-15-12-20/h5-8H,2-4,9-15H2,1H3,(H,19,23). The van der Waals surface area contributed by atoms with Gasteiger partial charge in [0.05, 0.1) is 19.8 Å². The first-order chi connectivity index (χ1) is 11.3. The Kier molecular flexibility index (Phi) is 8.36. The molecule has 1 aliphatic heterocycles. The van der Waals surface area contributed by atoms with Crippen molar-refractivity contribution in [3.63, 3.8) is 0 Å². The quantitative estimate of drug-likeness (QED) is 0.554. The van der Waals surface area contributed by atoms with Crippen LogP contribution in [0.15, 0.2) is 24.3 Å². The van der Waals surface area contributed by atoms with Gasteiger partial charge in [0.25, 0.3) is 0 Å². The second kappa shape index (κ2) is 10.6. The van der Waals surface area contributed by atoms with E-state index >= 15 is 0 Å². The molecule has 128 valence electrons. The Morgan fingerprint density at radius 3 is 2.65 bits per heavy atom. The zero-order valence-electron chi connectivity index (χ0n) is 14.1. The minimum atomic E-state index is 0.778. The maximum atomic E-state index is 5.67. The molecular formula is C18H28N2O2S. The van der Waals surface area contributed by atoms with Crippen molar-refractivity contribution in [2.45, 2.75) is 26.2 Å². The third kappa shape index (κ3) is 6.85. The van der Waals surface area contributed by atoms with E-state index in [1.54, 1.807) is 0 Å². The van der Waals surface area contributed by atoms with Gasteiger partial charge < -0.3 is 14.8 Å². The first kappa shape index (κ1) is 18.2. The van der Waals surface area contributed by atoms with E-state index in [-0.39, 0.29) is 0 Å². The molecule has 2 rings (SSSR count). The Labute approximate surface area is 145 Å². The summed E-state index contributed by atoms with van der Waals surface area (Å²) in [6.45, 7) is 8.76. The van der Waals surface area contributed by atoms with Crippen LogP contribution in [0.25, 0.3) is 0 Å². The van der Waals surface area contributed by atoms with Gasteiger partial charge in [0.15, 0.2) is 0 Å². The number of morpholine rings is 1. The molecule has 0 aliphatic carbocycles. The van der Waals surface area contributed by atoms with Crippen molar-refractivity contribution in [3.8, 4) is 5.75 Å². The van der Waals surface area contributed by atoms with Crippen LogP contribution in [0.1, 0.15) is 31.7 Å². The van der Waals surface area contributed by atoms with E-state index < -0.39 is 0 Å². The van der Waals surface area contributed by atoms with Crippen LogP contribution in [0.3, 0.4) is 0 Å². The summed E-state index contributed by atoms with van der Waals surface area (Å²) in [5, 5.41) is 3.34. The highest BCUT2D eigenvalue weighted by molar-refractivity contribution is 7.80. The molecule has 1 saturated heterocycles. The lowest BCUT2D eigenvalue weighted by atomic mass is 10.2. The number of thiocarbonyl (C=S) groups is 1. The maximum Gasteiger partial charge on any atom is 0.119 e. The largest absolute Gasteiger partial charge is 0.494 e. The average Bonchev–Trinajstić information content (AvgIpc) is 2.60. The first-order valence-corrected chi connectivity index (χ1v) is 9.01. The number of hydrogen-bond donors (Lipinski definition) is 1. The predicted molar refractivity (Wildman–Crippen MR) is 98.4 cm³/mol. The summed E-state index contributed by atoms with van der Waals surface area (Å²) in [5.41, 5.74) is 1.05. The summed E-state index contributed by atoms with van der Waals surface area (Å²) in [6, 6.07) is 8.04. The molecule has 5 heteroatoms. The fourth-order valence-electron chi connectivity index (χ4n) is 2.47. The Hall–Kier alpha value is -1.17. The lowest BCUT2D eigenvalue weighted by Crippen LogP contribution is -2.38. The maximum absolute atomic E-state index is 5.67. The highest BCUT2D eigenvalue weighted by Gasteiger charge is 2.09. The van der Waals surface area contributed by atoms with Crippen LogP contribution in [0.5, 0.6) is 5.75 Å². The Bertz CT molecular complexity index is 459. The molecule has 0 saturated carbocycles. The van der Waals surface area contributed by atoms with Crippen molar-refractivity contribution in [3.05, 3.63) is 29.8 Å². The summed E-state index contributed by atoms with van der Waals surface area (Å²) < 4.78 is 11.0. The molecule has 0 spiro atoms. The van der Waals surface area contributed by atoms with E-state index in [0.29, 0.717) is 0 Å². The van der Waals surface area contributed by atoms with E-state index in [1.165, 1.54) is 0 Å². The summed E-state index contributed by atoms with van der Waals surface area (Å²) in [5.74, 6) is 0.914. The van der Waals surface area contributed by atoms with E-state index in [4.69, 9.17) is 21.7 Å². The average molecular weight is 337 g/mol. The molecule has 0 bridgehead atoms. The molecule has 0 radical (unpaired) electrons. The second-order valence-corrected chi connectivity index (χ2v) is 6.20. The van der Waals surface area contributed by atoms with Crippen LogP contribution >= 0.6 is 12.2 Å². The van der Waals surface area contributed by atoms with E-state index in [9.17, 15) is 0 Å². The van der Waals surface area contributed by atoms with Crippen LogP contribution in [0, 0.1) is 0 Å². The van der Waals surface area contributed by atoms with Gasteiger partial charge >= 0.3 is 0 Å². The molecule has 0 amide bonds. The fourth-order valence-corrected chi connectivity index (χ4v) is 2.71. The topological polar surface area (TPSA) is 33.7 Å². The minimum absolute atomic E-state index is 0.778. The predicted octanol–water partition coefficient (Wildman–Crippen LogP) is 2.85. The van der Waals surface area contributed by atoms with Crippen LogP contribution in [0.2, 0.25) is 0 Å². The third-order valence-corrected chi connectivity index (χ3v) is 4.30. The van der Waals surface area contributed by atoms with Crippen molar-refractivity contribution in [2.75, 3.05) is 46.0 Å². The molecule has 0 aromatic heterocycles. The Morgan fingerprint density at radius 1 is 1.22 bits per heavy atom. The van der Waals surface area contributed by atoms with Crippen molar-refractivity contribution in [1.29, 1.82) is 0 Å². The van der Waals surface area contributed by atoms with Gasteiger partial charge in [0.1, 0.15) is 10.7 Å². The van der Waals surface area contributed by atoms with Crippen LogP contribution in [0.4, 0.5) is 0 Å². The van der Waals surface area contributed by atoms with Crippen molar-refractivity contribution in [2.24, 2.45) is 0 Å². The smallest absolute Gasteiger partial charge is 0.119 e. The molecule has 1 aromatic rings. The first-order valence-electron chi connectivity index (χ1n) is 8.60. The second-order valence-electron chi connectivity index (χ2n) is 5.79. The molecule has 0 unspecified atom stereocenters. The summed E-state index contributed by atoms with van der Waals surface area (Å²) in [7, 11) is 0. The summed E-state index contributed by atoms with van der Waals surface area (Å²) >= 11 is 5.45. The lowest BCUT2D eigenvalue weighted by Gasteiger charge is -2.26. The lowest BCUT2D eigenvalue weighted by molar-refractivity contribution is 0.0376. The van der Waals surface area contributed by atoms with Crippen molar-refractivity contribution < 1.29 is 9.47 Å². The number of rotatable bonds is 9. The summed E-state index contributed by atoms with van der Waals surface area (Å²) in [4.78, 5) is 3.25. The number of nitrogens with one attached hydrogen (secondary N) is 1. The van der Waals surface area contributed by atoms with Gasteiger partial charge in [-0.15, -0.1) is 0 Å². The van der Waals surface area contributed by atoms with E-state index in [0.717, 1.165) is 81.6 Å². The third-order valence-electron chi connectivity index (χ3n) is 3.92. The number of unbranched alkanes of at least 4 members (excludes halogenated alkanes) is 1. The molecule has 1 fully saturated rings. The highest BCUT2D eigenvalue weighted by atomic mass is 32.1. The molecule has 0 atom stereocenters. The van der Waals surface area contributed by atoms with Crippen LogP contribution in [-0.2, 0) is 4.74 Å².